The second-order valence-corrected chi connectivity index (χ2v) is 5.31. The first-order chi connectivity index (χ1) is 8.59. The van der Waals surface area contributed by atoms with E-state index in [-0.39, 0.29) is 0 Å². The van der Waals surface area contributed by atoms with Crippen molar-refractivity contribution in [2.45, 2.75) is 38.3 Å². The number of aliphatic hydroxyl groups is 1. The van der Waals surface area contributed by atoms with Gasteiger partial charge in [-0.1, -0.05) is 0 Å². The number of likely N-dealkylation sites (tertiary alicyclic amines) is 1. The van der Waals surface area contributed by atoms with Gasteiger partial charge in [0.1, 0.15) is 0 Å². The molecule has 1 aromatic heterocycles. The lowest BCUT2D eigenvalue weighted by Crippen LogP contribution is -2.28. The molecule has 0 saturated carbocycles. The minimum absolute atomic E-state index is 0.511. The van der Waals surface area contributed by atoms with E-state index in [9.17, 15) is 5.11 Å². The molecule has 0 radical (unpaired) electrons. The number of aromatic nitrogens is 1. The van der Waals surface area contributed by atoms with Crippen LogP contribution in [0.2, 0.25) is 0 Å². The van der Waals surface area contributed by atoms with Crippen molar-refractivity contribution in [2.24, 2.45) is 5.84 Å². The maximum Gasteiger partial charge on any atom is 0.0632 e. The molecule has 1 unspecified atom stereocenters. The number of hydrogen-bond donors (Lipinski definition) is 3. The SMILES string of the molecule is CC1(O)CCCN(Cc2cc(NN)ccn2)CC1. The lowest BCUT2D eigenvalue weighted by molar-refractivity contribution is 0.0444. The van der Waals surface area contributed by atoms with E-state index in [4.69, 9.17) is 5.84 Å². The summed E-state index contributed by atoms with van der Waals surface area (Å²) in [5.41, 5.74) is 4.00. The van der Waals surface area contributed by atoms with E-state index in [1.807, 2.05) is 19.1 Å². The number of nitrogens with two attached hydrogens (primary N) is 1. The minimum atomic E-state index is -0.511. The Kier molecular flexibility index (Phi) is 4.16. The van der Waals surface area contributed by atoms with Gasteiger partial charge in [-0.25, -0.2) is 0 Å². The first-order valence-electron chi connectivity index (χ1n) is 6.45. The molecule has 1 saturated heterocycles. The van der Waals surface area contributed by atoms with Crippen LogP contribution in [-0.2, 0) is 6.54 Å². The Morgan fingerprint density at radius 3 is 3.11 bits per heavy atom. The van der Waals surface area contributed by atoms with Gasteiger partial charge in [0.15, 0.2) is 0 Å². The fourth-order valence-electron chi connectivity index (χ4n) is 2.36. The van der Waals surface area contributed by atoms with Crippen LogP contribution in [0, 0.1) is 0 Å². The highest BCUT2D eigenvalue weighted by Gasteiger charge is 2.24. The Bertz CT molecular complexity index is 394. The normalized spacial score (nSPS) is 25.7. The molecule has 18 heavy (non-hydrogen) atoms. The number of pyridine rings is 1. The van der Waals surface area contributed by atoms with E-state index in [0.717, 1.165) is 50.3 Å². The summed E-state index contributed by atoms with van der Waals surface area (Å²) in [7, 11) is 0. The van der Waals surface area contributed by atoms with Crippen molar-refractivity contribution in [2.75, 3.05) is 18.5 Å². The van der Waals surface area contributed by atoms with E-state index in [1.54, 1.807) is 6.20 Å². The molecule has 0 aromatic carbocycles. The smallest absolute Gasteiger partial charge is 0.0632 e. The summed E-state index contributed by atoms with van der Waals surface area (Å²) in [5, 5.41) is 10.1. The van der Waals surface area contributed by atoms with E-state index in [2.05, 4.69) is 15.3 Å². The largest absolute Gasteiger partial charge is 0.390 e. The van der Waals surface area contributed by atoms with Gasteiger partial charge in [-0.05, 0) is 44.9 Å². The average Bonchev–Trinajstić information content (AvgIpc) is 2.51. The van der Waals surface area contributed by atoms with Crippen molar-refractivity contribution in [3.63, 3.8) is 0 Å². The first-order valence-corrected chi connectivity index (χ1v) is 6.45. The molecule has 4 N–H and O–H groups in total. The molecule has 1 aliphatic heterocycles. The highest BCUT2D eigenvalue weighted by Crippen LogP contribution is 2.22. The van der Waals surface area contributed by atoms with Crippen molar-refractivity contribution in [3.8, 4) is 0 Å². The summed E-state index contributed by atoms with van der Waals surface area (Å²) in [4.78, 5) is 6.69. The summed E-state index contributed by atoms with van der Waals surface area (Å²) in [6.45, 7) is 4.66. The standard InChI is InChI=1S/C13H22N4O/c1-13(18)4-2-7-17(8-5-13)10-12-9-11(16-14)3-6-15-12/h3,6,9,18H,2,4-5,7-8,10,14H2,1H3,(H,15,16). The van der Waals surface area contributed by atoms with Gasteiger partial charge in [0.2, 0.25) is 0 Å². The minimum Gasteiger partial charge on any atom is -0.390 e. The number of nitrogen functional groups attached to an aromatic ring is 1. The molecule has 0 spiro atoms. The Hall–Kier alpha value is -1.17. The van der Waals surface area contributed by atoms with Crippen LogP contribution in [0.5, 0.6) is 0 Å². The molecule has 1 fully saturated rings. The van der Waals surface area contributed by atoms with Gasteiger partial charge >= 0.3 is 0 Å². The molecule has 5 nitrogen and oxygen atoms in total. The van der Waals surface area contributed by atoms with Gasteiger partial charge in [-0.2, -0.15) is 0 Å². The summed E-state index contributed by atoms with van der Waals surface area (Å²) in [6, 6.07) is 3.81. The van der Waals surface area contributed by atoms with Gasteiger partial charge in [0.05, 0.1) is 17.0 Å². The van der Waals surface area contributed by atoms with Gasteiger partial charge in [-0.15, -0.1) is 0 Å². The van der Waals surface area contributed by atoms with E-state index >= 15 is 0 Å². The Morgan fingerprint density at radius 1 is 1.50 bits per heavy atom. The molecule has 0 aliphatic carbocycles. The quantitative estimate of drug-likeness (QED) is 0.553. The van der Waals surface area contributed by atoms with Crippen LogP contribution < -0.4 is 11.3 Å². The third-order valence-corrected chi connectivity index (χ3v) is 3.53. The predicted molar refractivity (Wildman–Crippen MR) is 71.8 cm³/mol. The number of hydrogen-bond acceptors (Lipinski definition) is 5. The molecule has 2 heterocycles. The van der Waals surface area contributed by atoms with Crippen LogP contribution in [0.3, 0.4) is 0 Å². The molecular formula is C13H22N4O. The molecule has 1 atom stereocenters. The third-order valence-electron chi connectivity index (χ3n) is 3.53. The van der Waals surface area contributed by atoms with Crippen LogP contribution in [0.1, 0.15) is 31.9 Å². The highest BCUT2D eigenvalue weighted by atomic mass is 16.3. The Labute approximate surface area is 108 Å². The van der Waals surface area contributed by atoms with E-state index in [1.165, 1.54) is 0 Å². The highest BCUT2D eigenvalue weighted by molar-refractivity contribution is 5.41. The Balaban J connectivity index is 1.96. The zero-order valence-corrected chi connectivity index (χ0v) is 10.9. The van der Waals surface area contributed by atoms with Gasteiger partial charge < -0.3 is 10.5 Å². The second kappa shape index (κ2) is 5.65. The number of nitrogens with one attached hydrogen (secondary N) is 1. The number of anilines is 1. The molecule has 0 bridgehead atoms. The zero-order valence-electron chi connectivity index (χ0n) is 10.9. The predicted octanol–water partition coefficient (Wildman–Crippen LogP) is 1.10. The van der Waals surface area contributed by atoms with Gasteiger partial charge in [-0.3, -0.25) is 15.7 Å². The van der Waals surface area contributed by atoms with Crippen LogP contribution in [-0.4, -0.2) is 33.7 Å². The van der Waals surface area contributed by atoms with E-state index in [0.29, 0.717) is 0 Å². The van der Waals surface area contributed by atoms with Crippen molar-refractivity contribution >= 4 is 5.69 Å². The second-order valence-electron chi connectivity index (χ2n) is 5.31. The molecule has 2 rings (SSSR count). The maximum atomic E-state index is 10.1. The van der Waals surface area contributed by atoms with Crippen molar-refractivity contribution < 1.29 is 5.11 Å². The number of hydrazine groups is 1. The fraction of sp³-hybridized carbons (Fsp3) is 0.615. The van der Waals surface area contributed by atoms with Gasteiger partial charge in [0.25, 0.3) is 0 Å². The van der Waals surface area contributed by atoms with E-state index < -0.39 is 5.60 Å². The molecule has 5 heteroatoms. The number of rotatable bonds is 3. The van der Waals surface area contributed by atoms with Crippen LogP contribution in [0.4, 0.5) is 5.69 Å². The first kappa shape index (κ1) is 13.3. The van der Waals surface area contributed by atoms with Crippen LogP contribution in [0.25, 0.3) is 0 Å². The third kappa shape index (κ3) is 3.66. The van der Waals surface area contributed by atoms with Gasteiger partial charge in [0, 0.05) is 19.3 Å². The van der Waals surface area contributed by atoms with Crippen LogP contribution in [0.15, 0.2) is 18.3 Å². The van der Waals surface area contributed by atoms with Crippen molar-refractivity contribution in [1.29, 1.82) is 0 Å². The molecular weight excluding hydrogens is 228 g/mol. The fourth-order valence-corrected chi connectivity index (χ4v) is 2.36. The monoisotopic (exact) mass is 250 g/mol. The van der Waals surface area contributed by atoms with Crippen LogP contribution >= 0.6 is 0 Å². The molecule has 1 aromatic rings. The summed E-state index contributed by atoms with van der Waals surface area (Å²) in [6.07, 6.45) is 4.49. The lowest BCUT2D eigenvalue weighted by Gasteiger charge is -2.22. The lowest BCUT2D eigenvalue weighted by atomic mass is 9.98. The maximum absolute atomic E-state index is 10.1. The average molecular weight is 250 g/mol. The summed E-state index contributed by atoms with van der Waals surface area (Å²) < 4.78 is 0. The number of nitrogens with zero attached hydrogens (tertiary/aromatic N) is 2. The molecule has 100 valence electrons. The topological polar surface area (TPSA) is 74.4 Å². The summed E-state index contributed by atoms with van der Waals surface area (Å²) in [5.74, 6) is 5.39. The van der Waals surface area contributed by atoms with Crippen molar-refractivity contribution in [1.82, 2.24) is 9.88 Å². The Morgan fingerprint density at radius 2 is 2.33 bits per heavy atom. The molecule has 0 amide bonds. The molecule has 1 aliphatic rings. The zero-order chi connectivity index (χ0) is 13.0. The summed E-state index contributed by atoms with van der Waals surface area (Å²) >= 11 is 0. The van der Waals surface area contributed by atoms with Crippen molar-refractivity contribution in [3.05, 3.63) is 24.0 Å².